The van der Waals surface area contributed by atoms with Gasteiger partial charge in [-0.3, -0.25) is 9.69 Å². The molecule has 20 heavy (non-hydrogen) atoms. The Bertz CT molecular complexity index is 297. The lowest BCUT2D eigenvalue weighted by atomic mass is 9.97. The highest BCUT2D eigenvalue weighted by molar-refractivity contribution is 5.78. The summed E-state index contributed by atoms with van der Waals surface area (Å²) in [5.41, 5.74) is 0. The Morgan fingerprint density at radius 2 is 2.05 bits per heavy atom. The predicted octanol–water partition coefficient (Wildman–Crippen LogP) is 1.38. The van der Waals surface area contributed by atoms with Crippen molar-refractivity contribution in [1.82, 2.24) is 15.5 Å². The van der Waals surface area contributed by atoms with Crippen LogP contribution in [0.25, 0.3) is 0 Å². The summed E-state index contributed by atoms with van der Waals surface area (Å²) in [5.74, 6) is -0.451. The van der Waals surface area contributed by atoms with E-state index in [-0.39, 0.29) is 18.4 Å². The van der Waals surface area contributed by atoms with E-state index in [2.05, 4.69) is 17.6 Å². The van der Waals surface area contributed by atoms with Gasteiger partial charge in [0.15, 0.2) is 0 Å². The molecular weight excluding hydrogens is 271 g/mol. The summed E-state index contributed by atoms with van der Waals surface area (Å²) in [6, 6.07) is 0. The Hall–Kier alpha value is -0.820. The number of nitrogens with one attached hydrogen (secondary N) is 2. The summed E-state index contributed by atoms with van der Waals surface area (Å²) in [6.07, 6.45) is -1.85. The van der Waals surface area contributed by atoms with E-state index >= 15 is 0 Å². The summed E-state index contributed by atoms with van der Waals surface area (Å²) in [7, 11) is 0. The van der Waals surface area contributed by atoms with Gasteiger partial charge in [-0.15, -0.1) is 0 Å². The fourth-order valence-corrected chi connectivity index (χ4v) is 2.39. The molecule has 118 valence electrons. The van der Waals surface area contributed by atoms with Crippen molar-refractivity contribution in [2.45, 2.75) is 32.4 Å². The first kappa shape index (κ1) is 17.2. The molecule has 1 heterocycles. The molecule has 1 aliphatic heterocycles. The lowest BCUT2D eigenvalue weighted by Crippen LogP contribution is -2.46. The molecule has 1 saturated heterocycles. The number of likely N-dealkylation sites (tertiary alicyclic amines) is 1. The Morgan fingerprint density at radius 3 is 2.70 bits per heavy atom. The zero-order valence-electron chi connectivity index (χ0n) is 11.9. The van der Waals surface area contributed by atoms with E-state index < -0.39 is 12.7 Å². The topological polar surface area (TPSA) is 44.4 Å². The number of hydrogen-bond donors (Lipinski definition) is 2. The second kappa shape index (κ2) is 8.46. The molecule has 0 aromatic carbocycles. The molecular formula is C13H24F3N3O. The number of carbonyl (C=O) groups is 1. The van der Waals surface area contributed by atoms with E-state index in [1.54, 1.807) is 0 Å². The van der Waals surface area contributed by atoms with Crippen molar-refractivity contribution in [3.8, 4) is 0 Å². The van der Waals surface area contributed by atoms with Gasteiger partial charge in [0.1, 0.15) is 0 Å². The maximum Gasteiger partial charge on any atom is 0.401 e. The van der Waals surface area contributed by atoms with Gasteiger partial charge in [0.2, 0.25) is 5.91 Å². The first-order valence-electron chi connectivity index (χ1n) is 7.20. The van der Waals surface area contributed by atoms with Crippen molar-refractivity contribution in [3.05, 3.63) is 0 Å². The molecule has 0 bridgehead atoms. The fourth-order valence-electron chi connectivity index (χ4n) is 2.39. The summed E-state index contributed by atoms with van der Waals surface area (Å²) >= 11 is 0. The molecule has 0 aromatic rings. The lowest BCUT2D eigenvalue weighted by Gasteiger charge is -2.32. The van der Waals surface area contributed by atoms with Crippen LogP contribution in [0.4, 0.5) is 13.2 Å². The van der Waals surface area contributed by atoms with Crippen molar-refractivity contribution in [2.24, 2.45) is 5.92 Å². The highest BCUT2D eigenvalue weighted by atomic mass is 19.4. The summed E-state index contributed by atoms with van der Waals surface area (Å²) in [4.78, 5) is 13.2. The van der Waals surface area contributed by atoms with Gasteiger partial charge in [0.25, 0.3) is 0 Å². The van der Waals surface area contributed by atoms with Crippen molar-refractivity contribution in [1.29, 1.82) is 0 Å². The van der Waals surface area contributed by atoms with Crippen LogP contribution in [0, 0.1) is 5.92 Å². The second-order valence-electron chi connectivity index (χ2n) is 5.23. The van der Waals surface area contributed by atoms with Gasteiger partial charge in [-0.25, -0.2) is 0 Å². The van der Waals surface area contributed by atoms with Crippen molar-refractivity contribution in [2.75, 3.05) is 39.3 Å². The monoisotopic (exact) mass is 295 g/mol. The first-order chi connectivity index (χ1) is 9.42. The Labute approximate surface area is 118 Å². The van der Waals surface area contributed by atoms with Crippen LogP contribution in [0.2, 0.25) is 0 Å². The average Bonchev–Trinajstić information content (AvgIpc) is 2.36. The molecule has 1 aliphatic rings. The van der Waals surface area contributed by atoms with Gasteiger partial charge in [0.05, 0.1) is 12.5 Å². The van der Waals surface area contributed by atoms with Crippen LogP contribution in [0.3, 0.4) is 0 Å². The van der Waals surface area contributed by atoms with Gasteiger partial charge in [0, 0.05) is 19.6 Å². The third-order valence-corrected chi connectivity index (χ3v) is 3.31. The average molecular weight is 295 g/mol. The minimum atomic E-state index is -4.19. The third-order valence-electron chi connectivity index (χ3n) is 3.31. The Balaban J connectivity index is 2.26. The number of alkyl halides is 3. The standard InChI is InChI=1S/C13H24F3N3O/c1-2-5-17-6-7-18-12(20)11-4-3-8-19(9-11)10-13(14,15)16/h11,17H,2-10H2,1H3,(H,18,20). The lowest BCUT2D eigenvalue weighted by molar-refractivity contribution is -0.152. The summed E-state index contributed by atoms with van der Waals surface area (Å²) in [5, 5.41) is 5.94. The van der Waals surface area contributed by atoms with Crippen LogP contribution in [0.1, 0.15) is 26.2 Å². The number of rotatable bonds is 7. The van der Waals surface area contributed by atoms with E-state index in [1.165, 1.54) is 4.90 Å². The van der Waals surface area contributed by atoms with Crippen molar-refractivity contribution >= 4 is 5.91 Å². The molecule has 0 aliphatic carbocycles. The Morgan fingerprint density at radius 1 is 1.30 bits per heavy atom. The highest BCUT2D eigenvalue weighted by Crippen LogP contribution is 2.22. The molecule has 1 fully saturated rings. The number of piperidine rings is 1. The zero-order valence-corrected chi connectivity index (χ0v) is 11.9. The minimum Gasteiger partial charge on any atom is -0.355 e. The van der Waals surface area contributed by atoms with Crippen LogP contribution < -0.4 is 10.6 Å². The van der Waals surface area contributed by atoms with Crippen LogP contribution in [-0.4, -0.2) is 56.3 Å². The number of nitrogens with zero attached hydrogens (tertiary/aromatic N) is 1. The first-order valence-corrected chi connectivity index (χ1v) is 7.20. The highest BCUT2D eigenvalue weighted by Gasteiger charge is 2.34. The SMILES string of the molecule is CCCNCCNC(=O)C1CCCN(CC(F)(F)F)C1. The molecule has 1 amide bonds. The van der Waals surface area contributed by atoms with Gasteiger partial charge in [-0.2, -0.15) is 13.2 Å². The van der Waals surface area contributed by atoms with Gasteiger partial charge in [-0.1, -0.05) is 6.92 Å². The smallest absolute Gasteiger partial charge is 0.355 e. The van der Waals surface area contributed by atoms with Crippen LogP contribution in [0.5, 0.6) is 0 Å². The predicted molar refractivity (Wildman–Crippen MR) is 71.4 cm³/mol. The third kappa shape index (κ3) is 7.09. The largest absolute Gasteiger partial charge is 0.401 e. The van der Waals surface area contributed by atoms with Gasteiger partial charge in [-0.05, 0) is 32.4 Å². The quantitative estimate of drug-likeness (QED) is 0.697. The van der Waals surface area contributed by atoms with E-state index in [9.17, 15) is 18.0 Å². The van der Waals surface area contributed by atoms with Crippen molar-refractivity contribution in [3.63, 3.8) is 0 Å². The zero-order chi connectivity index (χ0) is 15.0. The molecule has 1 rings (SSSR count). The van der Waals surface area contributed by atoms with E-state index in [4.69, 9.17) is 0 Å². The van der Waals surface area contributed by atoms with Gasteiger partial charge < -0.3 is 10.6 Å². The van der Waals surface area contributed by atoms with E-state index in [1.807, 2.05) is 0 Å². The van der Waals surface area contributed by atoms with Crippen molar-refractivity contribution < 1.29 is 18.0 Å². The molecule has 0 radical (unpaired) electrons. The van der Waals surface area contributed by atoms with Crippen LogP contribution >= 0.6 is 0 Å². The summed E-state index contributed by atoms with van der Waals surface area (Å²) in [6.45, 7) is 3.87. The molecule has 1 atom stereocenters. The van der Waals surface area contributed by atoms with Crippen LogP contribution in [-0.2, 0) is 4.79 Å². The second-order valence-corrected chi connectivity index (χ2v) is 5.23. The molecule has 2 N–H and O–H groups in total. The minimum absolute atomic E-state index is 0.129. The molecule has 0 aromatic heterocycles. The van der Waals surface area contributed by atoms with E-state index in [0.717, 1.165) is 13.0 Å². The fraction of sp³-hybridized carbons (Fsp3) is 0.923. The summed E-state index contributed by atoms with van der Waals surface area (Å²) < 4.78 is 37.0. The molecule has 4 nitrogen and oxygen atoms in total. The molecule has 7 heteroatoms. The number of halogens is 3. The maximum atomic E-state index is 12.3. The molecule has 0 saturated carbocycles. The van der Waals surface area contributed by atoms with E-state index in [0.29, 0.717) is 32.5 Å². The number of hydrogen-bond acceptors (Lipinski definition) is 3. The van der Waals surface area contributed by atoms with Crippen LogP contribution in [0.15, 0.2) is 0 Å². The normalized spacial score (nSPS) is 20.9. The van der Waals surface area contributed by atoms with Gasteiger partial charge >= 0.3 is 6.18 Å². The number of carbonyl (C=O) groups excluding carboxylic acids is 1. The maximum absolute atomic E-state index is 12.3. The Kier molecular flexibility index (Phi) is 7.29. The number of amides is 1. The molecule has 0 spiro atoms. The molecule has 1 unspecified atom stereocenters.